The van der Waals surface area contributed by atoms with Gasteiger partial charge >= 0.3 is 0 Å². The van der Waals surface area contributed by atoms with Gasteiger partial charge in [-0.05, 0) is 37.2 Å². The molecule has 1 aromatic carbocycles. The zero-order chi connectivity index (χ0) is 23.1. The SMILES string of the molecule is [2H]c1cc(-c2ccc3nnn(CCF)c3c2)c2c(OC)nc(=N[C@@H]3CCN(C)C[C@@H]3F)[nH]n12. The number of halogens is 2. The predicted octanol–water partition coefficient (Wildman–Crippen LogP) is 2.00. The summed E-state index contributed by atoms with van der Waals surface area (Å²) in [5.74, 6) is 0.264. The number of H-pyrrole nitrogens is 1. The van der Waals surface area contributed by atoms with Crippen molar-refractivity contribution in [2.24, 2.45) is 4.99 Å². The molecule has 1 fully saturated rings. The minimum Gasteiger partial charge on any atom is -0.479 e. The van der Waals surface area contributed by atoms with Gasteiger partial charge in [-0.2, -0.15) is 4.98 Å². The van der Waals surface area contributed by atoms with E-state index in [1.54, 1.807) is 12.1 Å². The Morgan fingerprint density at radius 1 is 1.38 bits per heavy atom. The molecular formula is C21H24F2N8O. The fraction of sp³-hybridized carbons (Fsp3) is 0.429. The molecule has 1 saturated heterocycles. The number of aromatic nitrogens is 6. The number of aryl methyl sites for hydroxylation is 1. The summed E-state index contributed by atoms with van der Waals surface area (Å²) < 4.78 is 44.4. The van der Waals surface area contributed by atoms with Crippen LogP contribution in [0.4, 0.5) is 8.78 Å². The number of aromatic amines is 1. The van der Waals surface area contributed by atoms with Gasteiger partial charge in [0.15, 0.2) is 0 Å². The number of alkyl halides is 2. The Hall–Kier alpha value is -3.34. The third-order valence-corrected chi connectivity index (χ3v) is 5.75. The number of hydrogen-bond donors (Lipinski definition) is 1. The number of nitrogens with one attached hydrogen (secondary N) is 1. The van der Waals surface area contributed by atoms with E-state index in [1.807, 2.05) is 24.1 Å². The van der Waals surface area contributed by atoms with Gasteiger partial charge in [0.1, 0.15) is 23.9 Å². The predicted molar refractivity (Wildman–Crippen MR) is 115 cm³/mol. The lowest BCUT2D eigenvalue weighted by Crippen LogP contribution is -2.42. The van der Waals surface area contributed by atoms with E-state index < -0.39 is 18.9 Å². The normalized spacial score (nSPS) is 20.9. The third-order valence-electron chi connectivity index (χ3n) is 5.75. The second-order valence-electron chi connectivity index (χ2n) is 7.90. The van der Waals surface area contributed by atoms with E-state index in [4.69, 9.17) is 6.11 Å². The van der Waals surface area contributed by atoms with Crippen molar-refractivity contribution in [2.45, 2.75) is 25.2 Å². The van der Waals surface area contributed by atoms with E-state index in [1.165, 1.54) is 16.3 Å². The molecule has 0 amide bonds. The van der Waals surface area contributed by atoms with Gasteiger partial charge in [0.05, 0.1) is 26.6 Å². The van der Waals surface area contributed by atoms with Crippen LogP contribution < -0.4 is 10.4 Å². The van der Waals surface area contributed by atoms with Crippen LogP contribution in [0.2, 0.25) is 0 Å². The van der Waals surface area contributed by atoms with Gasteiger partial charge in [-0.3, -0.25) is 9.61 Å². The summed E-state index contributed by atoms with van der Waals surface area (Å²) in [6.07, 6.45) is -0.350. The van der Waals surface area contributed by atoms with Crippen molar-refractivity contribution < 1.29 is 14.9 Å². The molecule has 4 aromatic rings. The maximum Gasteiger partial charge on any atom is 0.243 e. The van der Waals surface area contributed by atoms with Gasteiger partial charge in [0.2, 0.25) is 11.5 Å². The monoisotopic (exact) mass is 443 g/mol. The topological polar surface area (TPSA) is 88.6 Å². The third kappa shape index (κ3) is 3.62. The molecule has 5 rings (SSSR count). The fourth-order valence-electron chi connectivity index (χ4n) is 4.10. The van der Waals surface area contributed by atoms with Gasteiger partial charge in [-0.25, -0.2) is 18.5 Å². The molecule has 1 aliphatic rings. The zero-order valence-electron chi connectivity index (χ0n) is 18.8. The van der Waals surface area contributed by atoms with E-state index in [2.05, 4.69) is 25.4 Å². The molecule has 11 heteroatoms. The molecule has 0 radical (unpaired) electrons. The lowest BCUT2D eigenvalue weighted by atomic mass is 10.0. The molecule has 4 heterocycles. The molecule has 168 valence electrons. The minimum absolute atomic E-state index is 0.107. The Labute approximate surface area is 183 Å². The second-order valence-corrected chi connectivity index (χ2v) is 7.90. The Kier molecular flexibility index (Phi) is 5.02. The van der Waals surface area contributed by atoms with Gasteiger partial charge in [-0.15, -0.1) is 5.10 Å². The van der Waals surface area contributed by atoms with Gasteiger partial charge in [0, 0.05) is 24.8 Å². The molecule has 0 bridgehead atoms. The highest BCUT2D eigenvalue weighted by molar-refractivity contribution is 5.89. The van der Waals surface area contributed by atoms with E-state index in [9.17, 15) is 8.78 Å². The summed E-state index contributed by atoms with van der Waals surface area (Å²) in [5.41, 5.74) is 3.56. The van der Waals surface area contributed by atoms with E-state index in [-0.39, 0.29) is 24.2 Å². The van der Waals surface area contributed by atoms with Crippen molar-refractivity contribution in [3.05, 3.63) is 36.1 Å². The maximum atomic E-state index is 14.5. The van der Waals surface area contributed by atoms with Crippen molar-refractivity contribution in [2.75, 3.05) is 33.9 Å². The standard InChI is InChI=1S/C21H24F2N8O/c1-29-8-6-16(15(23)12-29)24-21-25-20(32-2)19-14(5-9-31(19)27-21)13-3-4-17-18(11-13)30(10-7-22)28-26-17/h3-5,9,11,15-16H,6-8,10,12H2,1-2H3,(H,24,27)/t15-,16+/m0/s1/i9D. The van der Waals surface area contributed by atoms with Crippen molar-refractivity contribution in [3.63, 3.8) is 0 Å². The summed E-state index contributed by atoms with van der Waals surface area (Å²) >= 11 is 0. The number of likely N-dealkylation sites (tertiary alicyclic amines) is 1. The van der Waals surface area contributed by atoms with Crippen LogP contribution in [-0.4, -0.2) is 80.6 Å². The number of hydrogen-bond acceptors (Lipinski definition) is 6. The Morgan fingerprint density at radius 2 is 2.25 bits per heavy atom. The first-order chi connectivity index (χ1) is 16.0. The number of rotatable bonds is 5. The highest BCUT2D eigenvalue weighted by Crippen LogP contribution is 2.31. The first kappa shape index (κ1) is 19.4. The summed E-state index contributed by atoms with van der Waals surface area (Å²) in [6.45, 7) is 0.629. The summed E-state index contributed by atoms with van der Waals surface area (Å²) in [6, 6.07) is 6.67. The molecule has 0 aliphatic carbocycles. The first-order valence-electron chi connectivity index (χ1n) is 10.9. The summed E-state index contributed by atoms with van der Waals surface area (Å²) in [4.78, 5) is 10.9. The van der Waals surface area contributed by atoms with Crippen LogP contribution in [-0.2, 0) is 6.54 Å². The molecule has 3 aromatic heterocycles. The van der Waals surface area contributed by atoms with Crippen molar-refractivity contribution >= 4 is 16.6 Å². The van der Waals surface area contributed by atoms with Crippen LogP contribution in [0.25, 0.3) is 27.7 Å². The summed E-state index contributed by atoms with van der Waals surface area (Å²) in [5, 5.41) is 11.1. The number of ether oxygens (including phenoxy) is 1. The van der Waals surface area contributed by atoms with Crippen LogP contribution in [0.1, 0.15) is 7.79 Å². The van der Waals surface area contributed by atoms with E-state index >= 15 is 0 Å². The first-order valence-corrected chi connectivity index (χ1v) is 10.4. The van der Waals surface area contributed by atoms with Crippen molar-refractivity contribution in [3.8, 4) is 17.0 Å². The molecule has 0 unspecified atom stereocenters. The molecular weight excluding hydrogens is 418 g/mol. The van der Waals surface area contributed by atoms with Crippen LogP contribution in [0, 0.1) is 0 Å². The largest absolute Gasteiger partial charge is 0.479 e. The number of fused-ring (bicyclic) bond motifs is 2. The van der Waals surface area contributed by atoms with E-state index in [0.717, 1.165) is 12.1 Å². The van der Waals surface area contributed by atoms with Crippen LogP contribution >= 0.6 is 0 Å². The lowest BCUT2D eigenvalue weighted by Gasteiger charge is -2.29. The Morgan fingerprint density at radius 3 is 3.03 bits per heavy atom. The van der Waals surface area contributed by atoms with E-state index in [0.29, 0.717) is 35.1 Å². The highest BCUT2D eigenvalue weighted by Gasteiger charge is 2.27. The summed E-state index contributed by atoms with van der Waals surface area (Å²) in [7, 11) is 3.37. The molecule has 1 aliphatic heterocycles. The Balaban J connectivity index is 1.63. The van der Waals surface area contributed by atoms with Gasteiger partial charge in [0.25, 0.3) is 0 Å². The fourth-order valence-corrected chi connectivity index (χ4v) is 4.10. The zero-order valence-corrected chi connectivity index (χ0v) is 17.8. The quantitative estimate of drug-likeness (QED) is 0.510. The molecule has 0 spiro atoms. The lowest BCUT2D eigenvalue weighted by molar-refractivity contribution is 0.140. The molecule has 0 saturated carbocycles. The van der Waals surface area contributed by atoms with Crippen molar-refractivity contribution in [1.29, 1.82) is 0 Å². The number of methoxy groups -OCH3 is 1. The smallest absolute Gasteiger partial charge is 0.243 e. The average molecular weight is 443 g/mol. The molecule has 9 nitrogen and oxygen atoms in total. The number of piperidine rings is 1. The second kappa shape index (κ2) is 8.30. The molecule has 1 N–H and O–H groups in total. The Bertz CT molecular complexity index is 1380. The van der Waals surface area contributed by atoms with Crippen molar-refractivity contribution in [1.82, 2.24) is 34.5 Å². The number of nitrogens with zero attached hydrogens (tertiary/aromatic N) is 7. The van der Waals surface area contributed by atoms with Crippen LogP contribution in [0.15, 0.2) is 35.4 Å². The number of benzene rings is 1. The van der Waals surface area contributed by atoms with Crippen LogP contribution in [0.5, 0.6) is 5.88 Å². The minimum atomic E-state index is -1.09. The van der Waals surface area contributed by atoms with Gasteiger partial charge in [-0.1, -0.05) is 11.3 Å². The maximum absolute atomic E-state index is 14.5. The average Bonchev–Trinajstić information content (AvgIpc) is 3.36. The molecule has 2 atom stereocenters. The van der Waals surface area contributed by atoms with Gasteiger partial charge < -0.3 is 9.64 Å². The van der Waals surface area contributed by atoms with Crippen LogP contribution in [0.3, 0.4) is 0 Å². The highest BCUT2D eigenvalue weighted by atomic mass is 19.1. The molecule has 32 heavy (non-hydrogen) atoms.